The molecule has 0 saturated heterocycles. The highest BCUT2D eigenvalue weighted by atomic mass is 32.1. The molecule has 3 N–H and O–H groups in total. The lowest BCUT2D eigenvalue weighted by Gasteiger charge is -2.05. The van der Waals surface area contributed by atoms with E-state index in [4.69, 9.17) is 10.5 Å². The fraction of sp³-hybridized carbons (Fsp3) is 0.0476. The second-order valence-electron chi connectivity index (χ2n) is 6.06. The maximum absolute atomic E-state index is 13.8. The average Bonchev–Trinajstić information content (AvgIpc) is 3.06. The smallest absolute Gasteiger partial charge is 0.268 e. The molecular weight excluding hydrogens is 377 g/mol. The van der Waals surface area contributed by atoms with E-state index in [1.54, 1.807) is 19.2 Å². The third-order valence-electron chi connectivity index (χ3n) is 4.29. The molecule has 0 aliphatic heterocycles. The van der Waals surface area contributed by atoms with Crippen LogP contribution >= 0.6 is 11.3 Å². The number of methoxy groups -OCH3 is 1. The molecule has 5 nitrogen and oxygen atoms in total. The average molecular weight is 393 g/mol. The summed E-state index contributed by atoms with van der Waals surface area (Å²) in [7, 11) is 1.61. The number of fused-ring (bicyclic) bond motifs is 1. The van der Waals surface area contributed by atoms with E-state index < -0.39 is 11.7 Å². The molecule has 0 atom stereocenters. The molecule has 28 heavy (non-hydrogen) atoms. The van der Waals surface area contributed by atoms with Crippen LogP contribution in [0.4, 0.5) is 15.8 Å². The standard InChI is InChI=1S/C21H16FN3O2S/c1-27-13-6-4-5-12(11-13)16-10-9-14-18(23)19(28-21(14)25-16)20(26)24-17-8-3-2-7-15(17)22/h2-11H,23H2,1H3,(H,24,26). The van der Waals surface area contributed by atoms with E-state index in [0.29, 0.717) is 20.8 Å². The van der Waals surface area contributed by atoms with Crippen molar-refractivity contribution < 1.29 is 13.9 Å². The predicted octanol–water partition coefficient (Wildman–Crippen LogP) is 4.95. The lowest BCUT2D eigenvalue weighted by atomic mass is 10.1. The second-order valence-corrected chi connectivity index (χ2v) is 7.06. The zero-order chi connectivity index (χ0) is 19.7. The summed E-state index contributed by atoms with van der Waals surface area (Å²) in [5, 5.41) is 3.25. The number of nitrogens with zero attached hydrogens (tertiary/aromatic N) is 1. The largest absolute Gasteiger partial charge is 0.497 e. The van der Waals surface area contributed by atoms with Gasteiger partial charge in [0.15, 0.2) is 0 Å². The number of thiophene rings is 1. The minimum atomic E-state index is -0.506. The van der Waals surface area contributed by atoms with E-state index in [2.05, 4.69) is 10.3 Å². The Morgan fingerprint density at radius 3 is 2.75 bits per heavy atom. The van der Waals surface area contributed by atoms with Crippen molar-refractivity contribution >= 4 is 38.8 Å². The Hall–Kier alpha value is -3.45. The summed E-state index contributed by atoms with van der Waals surface area (Å²) in [4.78, 5) is 18.2. The van der Waals surface area contributed by atoms with Crippen molar-refractivity contribution in [3.05, 3.63) is 71.4 Å². The van der Waals surface area contributed by atoms with Gasteiger partial charge in [0.2, 0.25) is 0 Å². The SMILES string of the molecule is COc1cccc(-c2ccc3c(N)c(C(=O)Nc4ccccc4F)sc3n2)c1. The first-order valence-corrected chi connectivity index (χ1v) is 9.28. The number of ether oxygens (including phenoxy) is 1. The topological polar surface area (TPSA) is 77.2 Å². The van der Waals surface area contributed by atoms with Gasteiger partial charge in [-0.05, 0) is 36.4 Å². The minimum absolute atomic E-state index is 0.106. The van der Waals surface area contributed by atoms with Gasteiger partial charge in [0.25, 0.3) is 5.91 Å². The van der Waals surface area contributed by atoms with Crippen LogP contribution in [0.15, 0.2) is 60.7 Å². The van der Waals surface area contributed by atoms with Gasteiger partial charge in [0.05, 0.1) is 24.2 Å². The summed E-state index contributed by atoms with van der Waals surface area (Å²) < 4.78 is 19.1. The van der Waals surface area contributed by atoms with Gasteiger partial charge in [-0.3, -0.25) is 4.79 Å². The Morgan fingerprint density at radius 1 is 1.14 bits per heavy atom. The summed E-state index contributed by atoms with van der Waals surface area (Å²) in [6.07, 6.45) is 0. The van der Waals surface area contributed by atoms with Crippen molar-refractivity contribution in [1.82, 2.24) is 4.98 Å². The van der Waals surface area contributed by atoms with Crippen LogP contribution < -0.4 is 15.8 Å². The first-order chi connectivity index (χ1) is 13.6. The Kier molecular flexibility index (Phi) is 4.67. The molecular formula is C21H16FN3O2S. The highest BCUT2D eigenvalue weighted by Gasteiger charge is 2.19. The van der Waals surface area contributed by atoms with Gasteiger partial charge in [-0.15, -0.1) is 11.3 Å². The third kappa shape index (κ3) is 3.27. The van der Waals surface area contributed by atoms with E-state index in [0.717, 1.165) is 17.0 Å². The lowest BCUT2D eigenvalue weighted by Crippen LogP contribution is -2.12. The molecule has 0 fully saturated rings. The molecule has 4 aromatic rings. The Bertz CT molecular complexity index is 1190. The van der Waals surface area contributed by atoms with E-state index in [1.807, 2.05) is 36.4 Å². The lowest BCUT2D eigenvalue weighted by molar-refractivity contribution is 0.103. The number of carbonyl (C=O) groups excluding carboxylic acids is 1. The molecule has 140 valence electrons. The summed E-state index contributed by atoms with van der Waals surface area (Å²) >= 11 is 1.17. The molecule has 0 saturated carbocycles. The van der Waals surface area contributed by atoms with Crippen LogP contribution in [-0.2, 0) is 0 Å². The monoisotopic (exact) mass is 393 g/mol. The number of nitrogen functional groups attached to an aromatic ring is 1. The van der Waals surface area contributed by atoms with Gasteiger partial charge in [0, 0.05) is 10.9 Å². The number of anilines is 2. The van der Waals surface area contributed by atoms with E-state index in [9.17, 15) is 9.18 Å². The molecule has 4 rings (SSSR count). The van der Waals surface area contributed by atoms with Gasteiger partial charge in [-0.1, -0.05) is 24.3 Å². The number of amides is 1. The normalized spacial score (nSPS) is 10.8. The van der Waals surface area contributed by atoms with Crippen LogP contribution in [0.5, 0.6) is 5.75 Å². The Labute approximate surface area is 164 Å². The molecule has 0 bridgehead atoms. The highest BCUT2D eigenvalue weighted by molar-refractivity contribution is 7.21. The van der Waals surface area contributed by atoms with Crippen LogP contribution in [0.3, 0.4) is 0 Å². The zero-order valence-electron chi connectivity index (χ0n) is 14.9. The van der Waals surface area contributed by atoms with Gasteiger partial charge < -0.3 is 15.8 Å². The van der Waals surface area contributed by atoms with Gasteiger partial charge in [-0.2, -0.15) is 0 Å². The Balaban J connectivity index is 1.70. The van der Waals surface area contributed by atoms with Crippen molar-refractivity contribution in [3.63, 3.8) is 0 Å². The molecule has 0 aliphatic rings. The number of hydrogen-bond donors (Lipinski definition) is 2. The minimum Gasteiger partial charge on any atom is -0.497 e. The van der Waals surface area contributed by atoms with Crippen molar-refractivity contribution in [2.75, 3.05) is 18.2 Å². The van der Waals surface area contributed by atoms with Crippen LogP contribution in [0.25, 0.3) is 21.5 Å². The summed E-state index contributed by atoms with van der Waals surface area (Å²) in [6.45, 7) is 0. The van der Waals surface area contributed by atoms with Crippen molar-refractivity contribution in [2.45, 2.75) is 0 Å². The number of nitrogens with two attached hydrogens (primary N) is 1. The highest BCUT2D eigenvalue weighted by Crippen LogP contribution is 2.35. The van der Waals surface area contributed by atoms with Crippen molar-refractivity contribution in [2.24, 2.45) is 0 Å². The number of halogens is 1. The first kappa shape index (κ1) is 17.9. The molecule has 7 heteroatoms. The summed E-state index contributed by atoms with van der Waals surface area (Å²) in [5.74, 6) is -0.238. The van der Waals surface area contributed by atoms with E-state index in [-0.39, 0.29) is 5.69 Å². The summed E-state index contributed by atoms with van der Waals surface area (Å²) in [5.41, 5.74) is 8.24. The van der Waals surface area contributed by atoms with Gasteiger partial charge in [0.1, 0.15) is 21.3 Å². The maximum Gasteiger partial charge on any atom is 0.268 e. The molecule has 2 aromatic carbocycles. The number of hydrogen-bond acceptors (Lipinski definition) is 5. The van der Waals surface area contributed by atoms with Crippen molar-refractivity contribution in [3.8, 4) is 17.0 Å². The molecule has 0 unspecified atom stereocenters. The number of nitrogens with one attached hydrogen (secondary N) is 1. The predicted molar refractivity (Wildman–Crippen MR) is 110 cm³/mol. The molecule has 0 spiro atoms. The zero-order valence-corrected chi connectivity index (χ0v) is 15.7. The first-order valence-electron chi connectivity index (χ1n) is 8.46. The van der Waals surface area contributed by atoms with Gasteiger partial charge in [-0.25, -0.2) is 9.37 Å². The fourth-order valence-corrected chi connectivity index (χ4v) is 3.84. The maximum atomic E-state index is 13.8. The van der Waals surface area contributed by atoms with Crippen molar-refractivity contribution in [1.29, 1.82) is 0 Å². The molecule has 1 amide bonds. The van der Waals surface area contributed by atoms with E-state index >= 15 is 0 Å². The number of benzene rings is 2. The number of pyridine rings is 1. The number of rotatable bonds is 4. The quantitative estimate of drug-likeness (QED) is 0.515. The second kappa shape index (κ2) is 7.28. The molecule has 2 aromatic heterocycles. The number of para-hydroxylation sites is 1. The number of aromatic nitrogens is 1. The number of carbonyl (C=O) groups is 1. The van der Waals surface area contributed by atoms with Crippen LogP contribution in [0.2, 0.25) is 0 Å². The van der Waals surface area contributed by atoms with Crippen LogP contribution in [0, 0.1) is 5.82 Å². The van der Waals surface area contributed by atoms with Gasteiger partial charge >= 0.3 is 0 Å². The third-order valence-corrected chi connectivity index (χ3v) is 5.40. The fourth-order valence-electron chi connectivity index (χ4n) is 2.85. The molecule has 2 heterocycles. The van der Waals surface area contributed by atoms with E-state index in [1.165, 1.54) is 23.5 Å². The summed E-state index contributed by atoms with van der Waals surface area (Å²) in [6, 6.07) is 17.2. The molecule has 0 radical (unpaired) electrons. The van der Waals surface area contributed by atoms with Crippen LogP contribution in [0.1, 0.15) is 9.67 Å². The Morgan fingerprint density at radius 2 is 1.96 bits per heavy atom. The van der Waals surface area contributed by atoms with Crippen LogP contribution in [-0.4, -0.2) is 18.0 Å². The molecule has 0 aliphatic carbocycles.